The van der Waals surface area contributed by atoms with Gasteiger partial charge in [0.25, 0.3) is 5.91 Å². The number of carbonyl (C=O) groups excluding carboxylic acids is 3. The van der Waals surface area contributed by atoms with Crippen LogP contribution in [0, 0.1) is 0 Å². The minimum atomic E-state index is -1.11. The fraction of sp³-hybridized carbons (Fsp3) is 0.400. The fourth-order valence-electron chi connectivity index (χ4n) is 2.57. The van der Waals surface area contributed by atoms with Crippen LogP contribution >= 0.6 is 0 Å². The van der Waals surface area contributed by atoms with Gasteiger partial charge >= 0.3 is 6.03 Å². The molecule has 1 aliphatic heterocycles. The molecule has 1 aromatic carbocycles. The Labute approximate surface area is 128 Å². The van der Waals surface area contributed by atoms with E-state index >= 15 is 0 Å². The number of ether oxygens (including phenoxy) is 1. The minimum Gasteiger partial charge on any atom is -0.497 e. The van der Waals surface area contributed by atoms with Crippen LogP contribution in [-0.4, -0.2) is 36.4 Å². The number of carbonyl (C=O) groups is 3. The third kappa shape index (κ3) is 2.61. The molecule has 0 aliphatic carbocycles. The lowest BCUT2D eigenvalue weighted by Crippen LogP contribution is -2.43. The molecule has 1 aliphatic rings. The maximum Gasteiger partial charge on any atom is 0.325 e. The van der Waals surface area contributed by atoms with Crippen LogP contribution in [0.2, 0.25) is 0 Å². The summed E-state index contributed by atoms with van der Waals surface area (Å²) >= 11 is 0. The molecule has 0 spiro atoms. The van der Waals surface area contributed by atoms with Gasteiger partial charge in [-0.25, -0.2) is 4.79 Å². The van der Waals surface area contributed by atoms with Crippen molar-refractivity contribution in [3.63, 3.8) is 0 Å². The normalized spacial score (nSPS) is 20.9. The van der Waals surface area contributed by atoms with Gasteiger partial charge in [-0.2, -0.15) is 0 Å². The van der Waals surface area contributed by atoms with E-state index in [4.69, 9.17) is 10.5 Å². The molecule has 2 rings (SSSR count). The SMILES string of the molecule is CC[C@@]1(c2ccc(OC)cc2)NC(=O)N(CCC(N)=O)C1=O. The van der Waals surface area contributed by atoms with Crippen molar-refractivity contribution >= 4 is 17.8 Å². The molecule has 1 heterocycles. The molecule has 7 heteroatoms. The lowest BCUT2D eigenvalue weighted by Gasteiger charge is -2.26. The maximum atomic E-state index is 12.7. The average Bonchev–Trinajstić information content (AvgIpc) is 2.76. The number of hydrogen-bond acceptors (Lipinski definition) is 4. The predicted octanol–water partition coefficient (Wildman–Crippen LogP) is 0.728. The predicted molar refractivity (Wildman–Crippen MR) is 79.0 cm³/mol. The van der Waals surface area contributed by atoms with Crippen LogP contribution in [0.5, 0.6) is 5.75 Å². The summed E-state index contributed by atoms with van der Waals surface area (Å²) in [5.41, 5.74) is 4.65. The van der Waals surface area contributed by atoms with Gasteiger partial charge in [0.2, 0.25) is 5.91 Å². The third-order valence-corrected chi connectivity index (χ3v) is 3.87. The van der Waals surface area contributed by atoms with Crippen molar-refractivity contribution in [3.8, 4) is 5.75 Å². The Morgan fingerprint density at radius 2 is 1.95 bits per heavy atom. The van der Waals surface area contributed by atoms with E-state index in [0.717, 1.165) is 4.90 Å². The van der Waals surface area contributed by atoms with Gasteiger partial charge in [-0.15, -0.1) is 0 Å². The monoisotopic (exact) mass is 305 g/mol. The fourth-order valence-corrected chi connectivity index (χ4v) is 2.57. The number of methoxy groups -OCH3 is 1. The minimum absolute atomic E-state index is 0.0160. The van der Waals surface area contributed by atoms with Crippen molar-refractivity contribution in [1.29, 1.82) is 0 Å². The molecule has 0 aromatic heterocycles. The summed E-state index contributed by atoms with van der Waals surface area (Å²) < 4.78 is 5.10. The van der Waals surface area contributed by atoms with E-state index in [1.54, 1.807) is 31.4 Å². The molecule has 0 bridgehead atoms. The summed E-state index contributed by atoms with van der Waals surface area (Å²) in [6.07, 6.45) is 0.346. The van der Waals surface area contributed by atoms with Crippen molar-refractivity contribution in [2.45, 2.75) is 25.3 Å². The van der Waals surface area contributed by atoms with Crippen molar-refractivity contribution in [3.05, 3.63) is 29.8 Å². The Hall–Kier alpha value is -2.57. The molecule has 1 atom stereocenters. The Kier molecular flexibility index (Phi) is 4.35. The number of benzene rings is 1. The first-order valence-electron chi connectivity index (χ1n) is 7.01. The molecule has 0 unspecified atom stereocenters. The standard InChI is InChI=1S/C15H19N3O4/c1-3-15(10-4-6-11(22-2)7-5-10)13(20)18(14(21)17-15)9-8-12(16)19/h4-7H,3,8-9H2,1-2H3,(H2,16,19)(H,17,21)/t15-/m0/s1. The average molecular weight is 305 g/mol. The van der Waals surface area contributed by atoms with Gasteiger partial charge in [0.15, 0.2) is 0 Å². The number of primary amides is 1. The number of rotatable bonds is 6. The quantitative estimate of drug-likeness (QED) is 0.756. The largest absolute Gasteiger partial charge is 0.497 e. The first-order valence-corrected chi connectivity index (χ1v) is 7.01. The van der Waals surface area contributed by atoms with E-state index in [1.807, 2.05) is 6.92 Å². The number of nitrogens with one attached hydrogen (secondary N) is 1. The topological polar surface area (TPSA) is 102 Å². The molecular weight excluding hydrogens is 286 g/mol. The number of amides is 4. The highest BCUT2D eigenvalue weighted by atomic mass is 16.5. The third-order valence-electron chi connectivity index (χ3n) is 3.87. The summed E-state index contributed by atoms with van der Waals surface area (Å²) in [6.45, 7) is 1.80. The Balaban J connectivity index is 2.31. The van der Waals surface area contributed by atoms with Crippen molar-refractivity contribution in [1.82, 2.24) is 10.2 Å². The highest BCUT2D eigenvalue weighted by Gasteiger charge is 2.50. The van der Waals surface area contributed by atoms with Crippen molar-refractivity contribution < 1.29 is 19.1 Å². The summed E-state index contributed by atoms with van der Waals surface area (Å²) in [5.74, 6) is -0.261. The molecule has 22 heavy (non-hydrogen) atoms. The Morgan fingerprint density at radius 1 is 1.32 bits per heavy atom. The maximum absolute atomic E-state index is 12.7. The van der Waals surface area contributed by atoms with Gasteiger partial charge in [0.1, 0.15) is 11.3 Å². The highest BCUT2D eigenvalue weighted by molar-refractivity contribution is 6.07. The van der Waals surface area contributed by atoms with Gasteiger partial charge in [0.05, 0.1) is 7.11 Å². The molecule has 3 N–H and O–H groups in total. The smallest absolute Gasteiger partial charge is 0.325 e. The lowest BCUT2D eigenvalue weighted by molar-refractivity contribution is -0.132. The number of imide groups is 1. The second kappa shape index (κ2) is 6.05. The van der Waals surface area contributed by atoms with Gasteiger partial charge in [0, 0.05) is 13.0 Å². The molecular formula is C15H19N3O4. The second-order valence-corrected chi connectivity index (χ2v) is 5.09. The summed E-state index contributed by atoms with van der Waals surface area (Å²) in [7, 11) is 1.55. The van der Waals surface area contributed by atoms with Crippen molar-refractivity contribution in [2.75, 3.05) is 13.7 Å². The molecule has 1 aromatic rings. The van der Waals surface area contributed by atoms with E-state index in [9.17, 15) is 14.4 Å². The van der Waals surface area contributed by atoms with Crippen LogP contribution in [0.3, 0.4) is 0 Å². The lowest BCUT2D eigenvalue weighted by atomic mass is 9.87. The van der Waals surface area contributed by atoms with Crippen molar-refractivity contribution in [2.24, 2.45) is 5.73 Å². The summed E-state index contributed by atoms with van der Waals surface area (Å²) in [4.78, 5) is 36.7. The van der Waals surface area contributed by atoms with Crippen LogP contribution in [0.4, 0.5) is 4.79 Å². The van der Waals surface area contributed by atoms with Gasteiger partial charge < -0.3 is 15.8 Å². The van der Waals surface area contributed by atoms with Crippen LogP contribution < -0.4 is 15.8 Å². The number of urea groups is 1. The zero-order valence-electron chi connectivity index (χ0n) is 12.6. The highest BCUT2D eigenvalue weighted by Crippen LogP contribution is 2.33. The Bertz CT molecular complexity index is 599. The van der Waals surface area contributed by atoms with E-state index < -0.39 is 17.5 Å². The van der Waals surface area contributed by atoms with E-state index in [0.29, 0.717) is 17.7 Å². The molecule has 1 fully saturated rings. The summed E-state index contributed by atoms with van der Waals surface area (Å²) in [5, 5.41) is 2.74. The molecule has 4 amide bonds. The van der Waals surface area contributed by atoms with Crippen LogP contribution in [0.1, 0.15) is 25.3 Å². The van der Waals surface area contributed by atoms with Gasteiger partial charge in [-0.1, -0.05) is 19.1 Å². The second-order valence-electron chi connectivity index (χ2n) is 5.09. The van der Waals surface area contributed by atoms with Gasteiger partial charge in [-0.3, -0.25) is 14.5 Å². The molecule has 1 saturated heterocycles. The zero-order valence-corrected chi connectivity index (χ0v) is 12.6. The number of nitrogens with two attached hydrogens (primary N) is 1. The first kappa shape index (κ1) is 15.8. The number of nitrogens with zero attached hydrogens (tertiary/aromatic N) is 1. The van der Waals surface area contributed by atoms with E-state index in [1.165, 1.54) is 0 Å². The number of hydrogen-bond donors (Lipinski definition) is 2. The van der Waals surface area contributed by atoms with Gasteiger partial charge in [-0.05, 0) is 24.1 Å². The molecule has 0 saturated carbocycles. The molecule has 118 valence electrons. The van der Waals surface area contributed by atoms with Crippen LogP contribution in [-0.2, 0) is 15.1 Å². The molecule has 7 nitrogen and oxygen atoms in total. The van der Waals surface area contributed by atoms with E-state index in [-0.39, 0.29) is 18.9 Å². The summed E-state index contributed by atoms with van der Waals surface area (Å²) in [6, 6.07) is 6.45. The van der Waals surface area contributed by atoms with E-state index in [2.05, 4.69) is 5.32 Å². The zero-order chi connectivity index (χ0) is 16.3. The first-order chi connectivity index (χ1) is 10.4. The van der Waals surface area contributed by atoms with Crippen LogP contribution in [0.25, 0.3) is 0 Å². The van der Waals surface area contributed by atoms with Crippen LogP contribution in [0.15, 0.2) is 24.3 Å². The Morgan fingerprint density at radius 3 is 2.45 bits per heavy atom. The molecule has 0 radical (unpaired) electrons.